The topological polar surface area (TPSA) is 92.8 Å². The third kappa shape index (κ3) is 3.68. The van der Waals surface area contributed by atoms with Crippen LogP contribution in [-0.4, -0.2) is 41.2 Å². The highest BCUT2D eigenvalue weighted by Crippen LogP contribution is 2.56. The van der Waals surface area contributed by atoms with Gasteiger partial charge in [-0.3, -0.25) is 19.3 Å². The lowest BCUT2D eigenvalue weighted by Crippen LogP contribution is -2.45. The van der Waals surface area contributed by atoms with E-state index in [2.05, 4.69) is 5.32 Å². The van der Waals surface area contributed by atoms with Gasteiger partial charge in [-0.05, 0) is 50.2 Å². The van der Waals surface area contributed by atoms with Gasteiger partial charge in [-0.2, -0.15) is 13.2 Å². The van der Waals surface area contributed by atoms with Gasteiger partial charge >= 0.3 is 12.1 Å². The maximum Gasteiger partial charge on any atom is 0.418 e. The zero-order valence-corrected chi connectivity index (χ0v) is 16.6. The molecule has 1 N–H and O–H groups in total. The molecule has 1 saturated heterocycles. The second-order valence-corrected chi connectivity index (χ2v) is 8.31. The number of benzene rings is 1. The van der Waals surface area contributed by atoms with Gasteiger partial charge in [-0.25, -0.2) is 4.79 Å². The number of imide groups is 1. The highest BCUT2D eigenvalue weighted by atomic mass is 19.4. The van der Waals surface area contributed by atoms with Gasteiger partial charge in [-0.1, -0.05) is 12.1 Å². The van der Waals surface area contributed by atoms with E-state index < -0.39 is 42.0 Å². The maximum absolute atomic E-state index is 13.0. The molecule has 3 amide bonds. The van der Waals surface area contributed by atoms with E-state index in [4.69, 9.17) is 4.74 Å². The standard InChI is InChI=1S/C21H21F3N2O5/c1-10(26-18(28)16-11-6-7-12(8-11)17(16)19(26)29)20(30)31-9-15(27)25-14-5-3-2-4-13(14)21(22,23)24/h2-5,10-12,16-17H,6-9H2,1H3,(H,25,27)/t10-,11-,12-,16-,17+/m0/s1. The summed E-state index contributed by atoms with van der Waals surface area (Å²) in [5, 5.41) is 2.07. The summed E-state index contributed by atoms with van der Waals surface area (Å²) in [5.74, 6) is -3.13. The first-order valence-corrected chi connectivity index (χ1v) is 10.1. The van der Waals surface area contributed by atoms with Crippen LogP contribution in [-0.2, 0) is 30.1 Å². The molecule has 0 spiro atoms. The van der Waals surface area contributed by atoms with Crippen molar-refractivity contribution in [2.24, 2.45) is 23.7 Å². The smallest absolute Gasteiger partial charge is 0.418 e. The van der Waals surface area contributed by atoms with Crippen molar-refractivity contribution in [2.45, 2.75) is 38.4 Å². The van der Waals surface area contributed by atoms with Gasteiger partial charge in [0.05, 0.1) is 23.1 Å². The number of carbonyl (C=O) groups is 4. The van der Waals surface area contributed by atoms with E-state index in [0.717, 1.165) is 36.3 Å². The molecule has 0 radical (unpaired) electrons. The van der Waals surface area contributed by atoms with Crippen LogP contribution in [0.2, 0.25) is 0 Å². The van der Waals surface area contributed by atoms with Gasteiger partial charge in [0.15, 0.2) is 6.61 Å². The summed E-state index contributed by atoms with van der Waals surface area (Å²) in [4.78, 5) is 50.8. The number of carbonyl (C=O) groups excluding carboxylic acids is 4. The summed E-state index contributed by atoms with van der Waals surface area (Å²) < 4.78 is 43.9. The van der Waals surface area contributed by atoms with Crippen LogP contribution in [0.3, 0.4) is 0 Å². The summed E-state index contributed by atoms with van der Waals surface area (Å²) in [6.45, 7) is 0.502. The highest BCUT2D eigenvalue weighted by molar-refractivity contribution is 6.08. The largest absolute Gasteiger partial charge is 0.454 e. The van der Waals surface area contributed by atoms with Crippen LogP contribution in [0.5, 0.6) is 0 Å². The van der Waals surface area contributed by atoms with Gasteiger partial charge in [0.25, 0.3) is 5.91 Å². The average Bonchev–Trinajstić information content (AvgIpc) is 3.39. The number of amides is 3. The number of esters is 1. The van der Waals surface area contributed by atoms with E-state index in [1.54, 1.807) is 0 Å². The van der Waals surface area contributed by atoms with E-state index >= 15 is 0 Å². The van der Waals surface area contributed by atoms with E-state index in [0.29, 0.717) is 0 Å². The summed E-state index contributed by atoms with van der Waals surface area (Å²) in [7, 11) is 0. The fraction of sp³-hybridized carbons (Fsp3) is 0.524. The molecule has 166 valence electrons. The van der Waals surface area contributed by atoms with E-state index in [1.165, 1.54) is 19.1 Å². The van der Waals surface area contributed by atoms with Crippen LogP contribution in [0.4, 0.5) is 18.9 Å². The zero-order chi connectivity index (χ0) is 22.5. The fourth-order valence-corrected chi connectivity index (χ4v) is 5.20. The Morgan fingerprint density at radius 1 is 1.13 bits per heavy atom. The second-order valence-electron chi connectivity index (χ2n) is 8.31. The Kier molecular flexibility index (Phi) is 5.26. The molecule has 1 heterocycles. The predicted molar refractivity (Wildman–Crippen MR) is 100 cm³/mol. The van der Waals surface area contributed by atoms with E-state index in [1.807, 2.05) is 0 Å². The number of hydrogen-bond acceptors (Lipinski definition) is 5. The minimum Gasteiger partial charge on any atom is -0.454 e. The average molecular weight is 438 g/mol. The van der Waals surface area contributed by atoms with Gasteiger partial charge in [-0.15, -0.1) is 0 Å². The first kappa shape index (κ1) is 21.3. The number of anilines is 1. The molecule has 31 heavy (non-hydrogen) atoms. The zero-order valence-electron chi connectivity index (χ0n) is 16.6. The molecule has 10 heteroatoms. The number of rotatable bonds is 5. The Hall–Kier alpha value is -2.91. The molecule has 3 fully saturated rings. The van der Waals surface area contributed by atoms with Crippen LogP contribution in [0.25, 0.3) is 0 Å². The summed E-state index contributed by atoms with van der Waals surface area (Å²) in [6.07, 6.45) is -2.00. The second kappa shape index (κ2) is 7.65. The van der Waals surface area contributed by atoms with Gasteiger partial charge in [0.2, 0.25) is 11.8 Å². The quantitative estimate of drug-likeness (QED) is 0.564. The SMILES string of the molecule is C[C@@H](C(=O)OCC(=O)Nc1ccccc1C(F)(F)F)N1C(=O)[C@@H]2[C@H]3CC[C@@H](C3)[C@@H]2C1=O. The van der Waals surface area contributed by atoms with Crippen molar-refractivity contribution < 1.29 is 37.1 Å². The van der Waals surface area contributed by atoms with Crippen LogP contribution < -0.4 is 5.32 Å². The van der Waals surface area contributed by atoms with Crippen molar-refractivity contribution in [1.82, 2.24) is 4.90 Å². The number of hydrogen-bond donors (Lipinski definition) is 1. The van der Waals surface area contributed by atoms with Crippen molar-refractivity contribution in [3.05, 3.63) is 29.8 Å². The molecule has 2 bridgehead atoms. The number of fused-ring (bicyclic) bond motifs is 5. The number of nitrogens with one attached hydrogen (secondary N) is 1. The molecule has 4 rings (SSSR count). The first-order valence-electron chi connectivity index (χ1n) is 10.1. The lowest BCUT2D eigenvalue weighted by atomic mass is 9.81. The molecule has 1 aromatic carbocycles. The number of ether oxygens (including phenoxy) is 1. The van der Waals surface area contributed by atoms with Crippen molar-refractivity contribution in [1.29, 1.82) is 0 Å². The Bertz CT molecular complexity index is 919. The van der Waals surface area contributed by atoms with Crippen LogP contribution in [0, 0.1) is 23.7 Å². The molecule has 0 aromatic heterocycles. The third-order valence-corrected chi connectivity index (χ3v) is 6.54. The van der Waals surface area contributed by atoms with Crippen molar-refractivity contribution in [2.75, 3.05) is 11.9 Å². The van der Waals surface area contributed by atoms with E-state index in [9.17, 15) is 32.3 Å². The number of para-hydroxylation sites is 1. The number of alkyl halides is 3. The molecule has 1 aromatic rings. The Morgan fingerprint density at radius 2 is 1.71 bits per heavy atom. The summed E-state index contributed by atoms with van der Waals surface area (Å²) in [6, 6.07) is 3.21. The molecule has 3 aliphatic rings. The lowest BCUT2D eigenvalue weighted by Gasteiger charge is -2.23. The van der Waals surface area contributed by atoms with E-state index in [-0.39, 0.29) is 35.5 Å². The van der Waals surface area contributed by atoms with Gasteiger partial charge in [0.1, 0.15) is 6.04 Å². The Morgan fingerprint density at radius 3 is 2.29 bits per heavy atom. The minimum absolute atomic E-state index is 0.166. The summed E-state index contributed by atoms with van der Waals surface area (Å²) >= 11 is 0. The predicted octanol–water partition coefficient (Wildman–Crippen LogP) is 2.61. The summed E-state index contributed by atoms with van der Waals surface area (Å²) in [5.41, 5.74) is -1.49. The molecule has 0 unspecified atom stereocenters. The monoisotopic (exact) mass is 438 g/mol. The van der Waals surface area contributed by atoms with Gasteiger partial charge in [0, 0.05) is 0 Å². The minimum atomic E-state index is -4.66. The number of nitrogens with zero attached hydrogens (tertiary/aromatic N) is 1. The molecule has 2 saturated carbocycles. The molecule has 1 aliphatic heterocycles. The Labute approximate surface area is 175 Å². The van der Waals surface area contributed by atoms with Crippen molar-refractivity contribution in [3.63, 3.8) is 0 Å². The normalized spacial score (nSPS) is 27.9. The van der Waals surface area contributed by atoms with Gasteiger partial charge < -0.3 is 10.1 Å². The number of likely N-dealkylation sites (tertiary alicyclic amines) is 1. The van der Waals surface area contributed by atoms with Crippen molar-refractivity contribution >= 4 is 29.4 Å². The maximum atomic E-state index is 13.0. The lowest BCUT2D eigenvalue weighted by molar-refractivity contribution is -0.159. The third-order valence-electron chi connectivity index (χ3n) is 6.54. The van der Waals surface area contributed by atoms with Crippen LogP contribution in [0.15, 0.2) is 24.3 Å². The van der Waals surface area contributed by atoms with Crippen LogP contribution in [0.1, 0.15) is 31.7 Å². The molecular weight excluding hydrogens is 417 g/mol. The fourth-order valence-electron chi connectivity index (χ4n) is 5.20. The number of halogens is 3. The Balaban J connectivity index is 1.36. The van der Waals surface area contributed by atoms with Crippen LogP contribution >= 0.6 is 0 Å². The molecule has 5 atom stereocenters. The molecule has 7 nitrogen and oxygen atoms in total. The first-order chi connectivity index (χ1) is 14.6. The van der Waals surface area contributed by atoms with Crippen molar-refractivity contribution in [3.8, 4) is 0 Å². The highest BCUT2D eigenvalue weighted by Gasteiger charge is 2.62. The molecule has 2 aliphatic carbocycles. The molecular formula is C21H21F3N2O5.